The van der Waals surface area contributed by atoms with Gasteiger partial charge in [-0.25, -0.2) is 0 Å². The Kier molecular flexibility index (Phi) is 11.5. The molecule has 0 saturated carbocycles. The molecule has 2 unspecified atom stereocenters. The molecule has 0 aromatic rings. The van der Waals surface area contributed by atoms with Crippen molar-refractivity contribution in [3.8, 4) is 0 Å². The van der Waals surface area contributed by atoms with Gasteiger partial charge < -0.3 is 10.2 Å². The summed E-state index contributed by atoms with van der Waals surface area (Å²) >= 11 is 0. The fourth-order valence-electron chi connectivity index (χ4n) is 4.83. The maximum Gasteiger partial charge on any atom is 0.311 e. The largest absolute Gasteiger partial charge is 0.481 e. The van der Waals surface area contributed by atoms with Gasteiger partial charge in [0.1, 0.15) is 0 Å². The van der Waals surface area contributed by atoms with Gasteiger partial charge in [0.15, 0.2) is 0 Å². The lowest BCUT2D eigenvalue weighted by Crippen LogP contribution is -2.53. The predicted molar refractivity (Wildman–Crippen MR) is 114 cm³/mol. The van der Waals surface area contributed by atoms with Crippen molar-refractivity contribution in [1.29, 1.82) is 0 Å². The SMILES string of the molecule is CCCCCCCCCCCCC1(C(=O)O)CC=CCC1(CCCC)C(=O)O. The number of carbonyl (C=O) groups is 2. The minimum Gasteiger partial charge on any atom is -0.481 e. The van der Waals surface area contributed by atoms with E-state index in [1.807, 2.05) is 19.1 Å². The van der Waals surface area contributed by atoms with Crippen molar-refractivity contribution in [2.45, 2.75) is 117 Å². The normalized spacial score (nSPS) is 24.4. The molecule has 0 aromatic carbocycles. The number of unbranched alkanes of at least 4 members (excludes halogenated alkanes) is 10. The molecule has 2 N–H and O–H groups in total. The van der Waals surface area contributed by atoms with E-state index in [9.17, 15) is 19.8 Å². The number of hydrogen-bond acceptors (Lipinski definition) is 2. The first-order chi connectivity index (χ1) is 13.5. The Bertz CT molecular complexity index is 499. The van der Waals surface area contributed by atoms with Crippen LogP contribution in [-0.4, -0.2) is 22.2 Å². The monoisotopic (exact) mass is 394 g/mol. The standard InChI is InChI=1S/C24H42O4/c1-3-5-7-8-9-10-11-12-13-14-18-24(22(27)28)20-16-15-19-23(24,21(25)26)17-6-4-2/h15-16H,3-14,17-20H2,1-2H3,(H,25,26)(H,27,28). The van der Waals surface area contributed by atoms with Crippen LogP contribution in [0, 0.1) is 10.8 Å². The number of hydrogen-bond donors (Lipinski definition) is 2. The van der Waals surface area contributed by atoms with E-state index in [0.717, 1.165) is 32.1 Å². The van der Waals surface area contributed by atoms with Crippen LogP contribution in [0.5, 0.6) is 0 Å². The van der Waals surface area contributed by atoms with Crippen molar-refractivity contribution in [2.75, 3.05) is 0 Å². The number of allylic oxidation sites excluding steroid dienone is 2. The third kappa shape index (κ3) is 6.35. The van der Waals surface area contributed by atoms with Crippen LogP contribution < -0.4 is 0 Å². The zero-order valence-electron chi connectivity index (χ0n) is 18.2. The fraction of sp³-hybridized carbons (Fsp3) is 0.833. The molecule has 1 aliphatic rings. The molecule has 2 atom stereocenters. The third-order valence-electron chi connectivity index (χ3n) is 6.75. The summed E-state index contributed by atoms with van der Waals surface area (Å²) < 4.78 is 0. The van der Waals surface area contributed by atoms with E-state index in [4.69, 9.17) is 0 Å². The number of carboxylic acids is 2. The van der Waals surface area contributed by atoms with Crippen LogP contribution in [0.15, 0.2) is 12.2 Å². The zero-order valence-corrected chi connectivity index (χ0v) is 18.2. The highest BCUT2D eigenvalue weighted by molar-refractivity contribution is 5.87. The Balaban J connectivity index is 2.60. The van der Waals surface area contributed by atoms with E-state index in [1.54, 1.807) is 0 Å². The van der Waals surface area contributed by atoms with Gasteiger partial charge in [-0.15, -0.1) is 0 Å². The lowest BCUT2D eigenvalue weighted by Gasteiger charge is -2.46. The molecule has 4 heteroatoms. The highest BCUT2D eigenvalue weighted by Crippen LogP contribution is 2.55. The van der Waals surface area contributed by atoms with E-state index >= 15 is 0 Å². The van der Waals surface area contributed by atoms with E-state index in [2.05, 4.69) is 6.92 Å². The van der Waals surface area contributed by atoms with Crippen LogP contribution in [0.2, 0.25) is 0 Å². The molecule has 0 aromatic heterocycles. The molecular weight excluding hydrogens is 352 g/mol. The quantitative estimate of drug-likeness (QED) is 0.219. The molecule has 162 valence electrons. The molecule has 0 saturated heterocycles. The molecule has 1 rings (SSSR count). The molecule has 0 aliphatic heterocycles. The molecule has 0 bridgehead atoms. The topological polar surface area (TPSA) is 74.6 Å². The van der Waals surface area contributed by atoms with E-state index in [-0.39, 0.29) is 0 Å². The van der Waals surface area contributed by atoms with Crippen LogP contribution in [-0.2, 0) is 9.59 Å². The van der Waals surface area contributed by atoms with Crippen LogP contribution in [0.4, 0.5) is 0 Å². The minimum absolute atomic E-state index is 0.340. The minimum atomic E-state index is -1.16. The first-order valence-electron chi connectivity index (χ1n) is 11.6. The average molecular weight is 395 g/mol. The second-order valence-corrected chi connectivity index (χ2v) is 8.69. The smallest absolute Gasteiger partial charge is 0.311 e. The Morgan fingerprint density at radius 1 is 0.643 bits per heavy atom. The predicted octanol–water partition coefficient (Wildman–Crippen LogP) is 6.98. The van der Waals surface area contributed by atoms with Gasteiger partial charge in [-0.1, -0.05) is 103 Å². The Morgan fingerprint density at radius 3 is 1.39 bits per heavy atom. The molecule has 0 spiro atoms. The summed E-state index contributed by atoms with van der Waals surface area (Å²) in [5.74, 6) is -1.86. The van der Waals surface area contributed by atoms with E-state index < -0.39 is 22.8 Å². The summed E-state index contributed by atoms with van der Waals surface area (Å²) in [4.78, 5) is 24.6. The van der Waals surface area contributed by atoms with Crippen molar-refractivity contribution in [2.24, 2.45) is 10.8 Å². The Morgan fingerprint density at radius 2 is 1.00 bits per heavy atom. The van der Waals surface area contributed by atoms with E-state index in [1.165, 1.54) is 44.9 Å². The summed E-state index contributed by atoms with van der Waals surface area (Å²) in [6.45, 7) is 4.26. The maximum atomic E-state index is 12.4. The highest BCUT2D eigenvalue weighted by Gasteiger charge is 2.60. The van der Waals surface area contributed by atoms with Gasteiger partial charge in [-0.05, 0) is 25.7 Å². The average Bonchev–Trinajstić information content (AvgIpc) is 2.68. The highest BCUT2D eigenvalue weighted by atomic mass is 16.4. The summed E-state index contributed by atoms with van der Waals surface area (Å²) in [6, 6.07) is 0. The van der Waals surface area contributed by atoms with Crippen molar-refractivity contribution in [3.05, 3.63) is 12.2 Å². The van der Waals surface area contributed by atoms with Gasteiger partial charge in [-0.2, -0.15) is 0 Å². The van der Waals surface area contributed by atoms with Crippen LogP contribution in [0.1, 0.15) is 117 Å². The van der Waals surface area contributed by atoms with Gasteiger partial charge in [0.25, 0.3) is 0 Å². The maximum absolute atomic E-state index is 12.4. The van der Waals surface area contributed by atoms with Crippen LogP contribution in [0.3, 0.4) is 0 Å². The van der Waals surface area contributed by atoms with Gasteiger partial charge >= 0.3 is 11.9 Å². The van der Waals surface area contributed by atoms with Crippen molar-refractivity contribution < 1.29 is 19.8 Å². The van der Waals surface area contributed by atoms with Gasteiger partial charge in [0.2, 0.25) is 0 Å². The Labute approximate surface area is 171 Å². The van der Waals surface area contributed by atoms with Gasteiger partial charge in [-0.3, -0.25) is 9.59 Å². The second kappa shape index (κ2) is 13.0. The molecule has 4 nitrogen and oxygen atoms in total. The second-order valence-electron chi connectivity index (χ2n) is 8.69. The van der Waals surface area contributed by atoms with E-state index in [0.29, 0.717) is 25.7 Å². The Hall–Kier alpha value is -1.32. The number of aliphatic carboxylic acids is 2. The summed E-state index contributed by atoms with van der Waals surface area (Å²) in [5, 5.41) is 20.2. The summed E-state index contributed by atoms with van der Waals surface area (Å²) in [5.41, 5.74) is -2.33. The van der Waals surface area contributed by atoms with Crippen molar-refractivity contribution >= 4 is 11.9 Å². The lowest BCUT2D eigenvalue weighted by atomic mass is 9.54. The summed E-state index contributed by atoms with van der Waals surface area (Å²) in [6.07, 6.45) is 18.9. The molecule has 28 heavy (non-hydrogen) atoms. The molecule has 0 fully saturated rings. The van der Waals surface area contributed by atoms with Crippen LogP contribution >= 0.6 is 0 Å². The van der Waals surface area contributed by atoms with Crippen LogP contribution in [0.25, 0.3) is 0 Å². The van der Waals surface area contributed by atoms with Gasteiger partial charge in [0.05, 0.1) is 10.8 Å². The zero-order chi connectivity index (χ0) is 20.9. The summed E-state index contributed by atoms with van der Waals surface area (Å²) in [7, 11) is 0. The van der Waals surface area contributed by atoms with Crippen molar-refractivity contribution in [1.82, 2.24) is 0 Å². The molecule has 1 aliphatic carbocycles. The first-order valence-corrected chi connectivity index (χ1v) is 11.6. The van der Waals surface area contributed by atoms with Gasteiger partial charge in [0, 0.05) is 0 Å². The fourth-order valence-corrected chi connectivity index (χ4v) is 4.83. The van der Waals surface area contributed by atoms with Crippen molar-refractivity contribution in [3.63, 3.8) is 0 Å². The number of carboxylic acid groups (broad SMARTS) is 2. The number of rotatable bonds is 16. The lowest BCUT2D eigenvalue weighted by molar-refractivity contribution is -0.177. The first kappa shape index (κ1) is 24.7. The molecule has 0 heterocycles. The molecular formula is C24H42O4. The molecule has 0 radical (unpaired) electrons. The molecule has 0 amide bonds. The third-order valence-corrected chi connectivity index (χ3v) is 6.75.